The fourth-order valence-electron chi connectivity index (χ4n) is 0.493. The van der Waals surface area contributed by atoms with E-state index in [1.165, 1.54) is 5.57 Å². The summed E-state index contributed by atoms with van der Waals surface area (Å²) in [7, 11) is 0. The van der Waals surface area contributed by atoms with Crippen molar-refractivity contribution in [3.63, 3.8) is 0 Å². The van der Waals surface area contributed by atoms with Gasteiger partial charge in [-0.2, -0.15) is 0 Å². The minimum atomic E-state index is 0. The molecule has 0 aromatic heterocycles. The van der Waals surface area contributed by atoms with Crippen molar-refractivity contribution in [2.24, 2.45) is 0 Å². The van der Waals surface area contributed by atoms with Crippen LogP contribution in [-0.2, 0) is 0 Å². The van der Waals surface area contributed by atoms with Crippen molar-refractivity contribution in [3.8, 4) is 0 Å². The molecule has 0 bridgehead atoms. The molecule has 0 aliphatic carbocycles. The minimum Gasteiger partial charge on any atom is -0.0961 e. The highest BCUT2D eigenvalue weighted by molar-refractivity contribution is 5.30. The van der Waals surface area contributed by atoms with Gasteiger partial charge in [-0.05, 0) is 26.3 Å². The van der Waals surface area contributed by atoms with E-state index >= 15 is 0 Å². The first-order chi connectivity index (χ1) is 4.04. The van der Waals surface area contributed by atoms with Crippen molar-refractivity contribution < 1.29 is 0 Å². The quantitative estimate of drug-likeness (QED) is 0.510. The van der Waals surface area contributed by atoms with Gasteiger partial charge in [-0.25, -0.2) is 0 Å². The van der Waals surface area contributed by atoms with Gasteiger partial charge >= 0.3 is 0 Å². The van der Waals surface area contributed by atoms with Gasteiger partial charge in [0, 0.05) is 0 Å². The average Bonchev–Trinajstić information content (AvgIpc) is 1.63. The fraction of sp³-hybridized carbons (Fsp3) is 0.400. The zero-order valence-electron chi connectivity index (χ0n) is 6.49. The molecule has 0 aliphatic rings. The maximum Gasteiger partial charge on any atom is -0.0395 e. The first-order valence-electron chi connectivity index (χ1n) is 3.03. The minimum absolute atomic E-state index is 0. The maximum atomic E-state index is 3.80. The Hall–Kier alpha value is -0.780. The van der Waals surface area contributed by atoms with Gasteiger partial charge in [0.15, 0.2) is 0 Å². The first-order valence-corrected chi connectivity index (χ1v) is 3.03. The molecule has 0 aromatic rings. The highest BCUT2D eigenvalue weighted by Crippen LogP contribution is 2.07. The van der Waals surface area contributed by atoms with Crippen LogP contribution in [0.25, 0.3) is 0 Å². The summed E-state index contributed by atoms with van der Waals surface area (Å²) in [5.74, 6) is 0. The van der Waals surface area contributed by atoms with Crippen LogP contribution in [0.4, 0.5) is 0 Å². The van der Waals surface area contributed by atoms with Crippen molar-refractivity contribution in [2.75, 3.05) is 0 Å². The van der Waals surface area contributed by atoms with Crippen molar-refractivity contribution in [1.29, 1.82) is 0 Å². The molecule has 0 atom stereocenters. The zero-order chi connectivity index (χ0) is 7.44. The van der Waals surface area contributed by atoms with Crippen LogP contribution in [-0.4, -0.2) is 0 Å². The van der Waals surface area contributed by atoms with Gasteiger partial charge in [0.05, 0.1) is 0 Å². The zero-order valence-corrected chi connectivity index (χ0v) is 6.49. The molecular weight excluding hydrogens is 120 g/mol. The summed E-state index contributed by atoms with van der Waals surface area (Å²) in [6.07, 6.45) is 2.03. The summed E-state index contributed by atoms with van der Waals surface area (Å²) in [4.78, 5) is 0. The molecule has 0 spiro atoms. The van der Waals surface area contributed by atoms with Gasteiger partial charge in [-0.15, -0.1) is 0 Å². The van der Waals surface area contributed by atoms with Crippen LogP contribution in [0.2, 0.25) is 0 Å². The third-order valence-electron chi connectivity index (χ3n) is 1.14. The largest absolute Gasteiger partial charge is 0.0961 e. The molecule has 0 aromatic carbocycles. The number of allylic oxidation sites excluding steroid dienone is 4. The van der Waals surface area contributed by atoms with E-state index in [0.29, 0.717) is 0 Å². The molecular formula is C10H18. The molecule has 0 heterocycles. The van der Waals surface area contributed by atoms with E-state index in [-0.39, 0.29) is 7.43 Å². The molecule has 0 heteroatoms. The van der Waals surface area contributed by atoms with E-state index in [0.717, 1.165) is 11.1 Å². The highest BCUT2D eigenvalue weighted by atomic mass is 13.9. The van der Waals surface area contributed by atoms with Crippen LogP contribution < -0.4 is 0 Å². The van der Waals surface area contributed by atoms with Gasteiger partial charge < -0.3 is 0 Å². The molecule has 0 saturated carbocycles. The maximum absolute atomic E-state index is 3.80. The predicted octanol–water partition coefficient (Wildman–Crippen LogP) is 3.72. The Bertz CT molecular complexity index is 159. The van der Waals surface area contributed by atoms with Crippen molar-refractivity contribution >= 4 is 0 Å². The van der Waals surface area contributed by atoms with Crippen molar-refractivity contribution in [2.45, 2.75) is 28.2 Å². The second-order valence-electron chi connectivity index (χ2n) is 2.45. The van der Waals surface area contributed by atoms with Gasteiger partial charge in [-0.3, -0.25) is 0 Å². The molecule has 0 radical (unpaired) electrons. The van der Waals surface area contributed by atoms with Crippen LogP contribution in [0.15, 0.2) is 36.0 Å². The second kappa shape index (κ2) is 5.04. The van der Waals surface area contributed by atoms with Crippen LogP contribution in [0, 0.1) is 0 Å². The lowest BCUT2D eigenvalue weighted by atomic mass is 10.1. The average molecular weight is 138 g/mol. The number of hydrogen-bond donors (Lipinski definition) is 0. The molecule has 0 saturated heterocycles. The Morgan fingerprint density at radius 1 is 1.10 bits per heavy atom. The normalized spacial score (nSPS) is 10.1. The number of rotatable bonds is 2. The first kappa shape index (κ1) is 12.0. The summed E-state index contributed by atoms with van der Waals surface area (Å²) in [5.41, 5.74) is 3.40. The van der Waals surface area contributed by atoms with Gasteiger partial charge in [-0.1, -0.05) is 37.8 Å². The predicted molar refractivity (Wildman–Crippen MR) is 50.1 cm³/mol. The van der Waals surface area contributed by atoms with Gasteiger partial charge in [0.2, 0.25) is 0 Å². The summed E-state index contributed by atoms with van der Waals surface area (Å²) < 4.78 is 0. The Balaban J connectivity index is 0. The molecule has 0 unspecified atom stereocenters. The van der Waals surface area contributed by atoms with E-state index in [4.69, 9.17) is 0 Å². The smallest absolute Gasteiger partial charge is 0.0395 e. The molecule has 0 N–H and O–H groups in total. The SMILES string of the molecule is C.C=C(C)/C=C(/C)C(=C)C. The topological polar surface area (TPSA) is 0 Å². The van der Waals surface area contributed by atoms with E-state index < -0.39 is 0 Å². The van der Waals surface area contributed by atoms with Crippen LogP contribution in [0.1, 0.15) is 28.2 Å². The Labute approximate surface area is 65.0 Å². The third-order valence-corrected chi connectivity index (χ3v) is 1.14. The second-order valence-corrected chi connectivity index (χ2v) is 2.45. The highest BCUT2D eigenvalue weighted by Gasteiger charge is 1.86. The number of hydrogen-bond acceptors (Lipinski definition) is 0. The molecule has 10 heavy (non-hydrogen) atoms. The lowest BCUT2D eigenvalue weighted by Gasteiger charge is -1.96. The van der Waals surface area contributed by atoms with Crippen LogP contribution >= 0.6 is 0 Å². The molecule has 58 valence electrons. The molecule has 0 amide bonds. The lowest BCUT2D eigenvalue weighted by molar-refractivity contribution is 1.34. The summed E-state index contributed by atoms with van der Waals surface area (Å²) in [6.45, 7) is 13.6. The molecule has 0 nitrogen and oxygen atoms in total. The van der Waals surface area contributed by atoms with Crippen LogP contribution in [0.3, 0.4) is 0 Å². The molecule has 0 rings (SSSR count). The van der Waals surface area contributed by atoms with Crippen molar-refractivity contribution in [3.05, 3.63) is 36.0 Å². The lowest BCUT2D eigenvalue weighted by Crippen LogP contribution is -1.75. The molecule has 0 fully saturated rings. The summed E-state index contributed by atoms with van der Waals surface area (Å²) in [5, 5.41) is 0. The Kier molecular flexibility index (Phi) is 6.02. The van der Waals surface area contributed by atoms with E-state index in [1.54, 1.807) is 0 Å². The Morgan fingerprint density at radius 3 is 1.60 bits per heavy atom. The van der Waals surface area contributed by atoms with Crippen LogP contribution in [0.5, 0.6) is 0 Å². The Morgan fingerprint density at radius 2 is 1.50 bits per heavy atom. The third kappa shape index (κ3) is 5.36. The van der Waals surface area contributed by atoms with Gasteiger partial charge in [0.25, 0.3) is 0 Å². The fourth-order valence-corrected chi connectivity index (χ4v) is 0.493. The molecule has 0 aliphatic heterocycles. The van der Waals surface area contributed by atoms with Crippen molar-refractivity contribution in [1.82, 2.24) is 0 Å². The summed E-state index contributed by atoms with van der Waals surface area (Å²) in [6, 6.07) is 0. The van der Waals surface area contributed by atoms with E-state index in [1.807, 2.05) is 26.8 Å². The van der Waals surface area contributed by atoms with Gasteiger partial charge in [0.1, 0.15) is 0 Å². The van der Waals surface area contributed by atoms with E-state index in [2.05, 4.69) is 13.2 Å². The summed E-state index contributed by atoms with van der Waals surface area (Å²) >= 11 is 0. The van der Waals surface area contributed by atoms with E-state index in [9.17, 15) is 0 Å². The monoisotopic (exact) mass is 138 g/mol. The standard InChI is InChI=1S/C9H14.CH4/c1-7(2)6-9(5)8(3)4;/h6H,1,3H2,2,4-5H3;1H4/b9-6-;.